The van der Waals surface area contributed by atoms with E-state index in [1.165, 1.54) is 9.88 Å². The van der Waals surface area contributed by atoms with E-state index >= 15 is 0 Å². The monoisotopic (exact) mass is 270 g/mol. The van der Waals surface area contributed by atoms with Gasteiger partial charge in [-0.3, -0.25) is 0 Å². The molecule has 4 heteroatoms. The van der Waals surface area contributed by atoms with E-state index in [1.807, 2.05) is 35.4 Å². The van der Waals surface area contributed by atoms with Crippen molar-refractivity contribution in [3.8, 4) is 0 Å². The van der Waals surface area contributed by atoms with Gasteiger partial charge in [0.05, 0.1) is 5.01 Å². The molecule has 0 aliphatic rings. The van der Waals surface area contributed by atoms with Crippen molar-refractivity contribution in [1.82, 2.24) is 10.3 Å². The second-order valence-corrected chi connectivity index (χ2v) is 7.19. The lowest BCUT2D eigenvalue weighted by molar-refractivity contribution is 0.585. The van der Waals surface area contributed by atoms with Gasteiger partial charge in [0, 0.05) is 41.1 Å². The molecule has 0 bridgehead atoms. The van der Waals surface area contributed by atoms with Gasteiger partial charge >= 0.3 is 0 Å². The van der Waals surface area contributed by atoms with E-state index in [0.717, 1.165) is 24.6 Å². The van der Waals surface area contributed by atoms with Crippen LogP contribution in [0.1, 0.15) is 30.7 Å². The highest BCUT2D eigenvalue weighted by atomic mass is 32.2. The molecule has 1 heterocycles. The fraction of sp³-hybridized carbons (Fsp3) is 0.615. The van der Waals surface area contributed by atoms with Crippen LogP contribution in [0, 0.1) is 0 Å². The molecular weight excluding hydrogens is 248 g/mol. The highest BCUT2D eigenvalue weighted by molar-refractivity contribution is 7.99. The Balaban J connectivity index is 2.24. The van der Waals surface area contributed by atoms with Crippen LogP contribution >= 0.6 is 23.1 Å². The third-order valence-electron chi connectivity index (χ3n) is 2.15. The van der Waals surface area contributed by atoms with Crippen molar-refractivity contribution in [3.63, 3.8) is 0 Å². The van der Waals surface area contributed by atoms with Crippen molar-refractivity contribution >= 4 is 23.1 Å². The predicted molar refractivity (Wildman–Crippen MR) is 80.0 cm³/mol. The summed E-state index contributed by atoms with van der Waals surface area (Å²) >= 11 is 3.72. The highest BCUT2D eigenvalue weighted by Crippen LogP contribution is 2.26. The number of rotatable bonds is 7. The molecule has 0 saturated carbocycles. The summed E-state index contributed by atoms with van der Waals surface area (Å²) in [5.41, 5.74) is 0.169. The number of aromatic nitrogens is 1. The third-order valence-corrected chi connectivity index (χ3v) is 4.54. The molecule has 0 aliphatic carbocycles. The molecule has 0 aromatic carbocycles. The van der Waals surface area contributed by atoms with Gasteiger partial charge in [-0.05, 0) is 0 Å². The molecule has 1 rings (SSSR count). The molecule has 1 aromatic heterocycles. The van der Waals surface area contributed by atoms with E-state index in [2.05, 4.69) is 37.7 Å². The number of thioether (sulfide) groups is 1. The molecule has 0 saturated heterocycles. The minimum Gasteiger partial charge on any atom is -0.311 e. The second kappa shape index (κ2) is 7.19. The van der Waals surface area contributed by atoms with Crippen LogP contribution in [0.3, 0.4) is 0 Å². The quantitative estimate of drug-likeness (QED) is 0.607. The van der Waals surface area contributed by atoms with E-state index in [4.69, 9.17) is 0 Å². The summed E-state index contributed by atoms with van der Waals surface area (Å²) in [6.45, 7) is 12.3. The SMILES string of the molecule is C=CCSCCNCc1cnc(C(C)(C)C)s1. The molecule has 0 fully saturated rings. The van der Waals surface area contributed by atoms with Gasteiger partial charge in [0.2, 0.25) is 0 Å². The Morgan fingerprint density at radius 1 is 1.53 bits per heavy atom. The van der Waals surface area contributed by atoms with Crippen LogP contribution in [0.5, 0.6) is 0 Å². The Hall–Kier alpha value is -0.320. The first-order valence-electron chi connectivity index (χ1n) is 5.88. The van der Waals surface area contributed by atoms with Gasteiger partial charge < -0.3 is 5.32 Å². The van der Waals surface area contributed by atoms with E-state index in [0.29, 0.717) is 0 Å². The molecule has 0 aliphatic heterocycles. The van der Waals surface area contributed by atoms with Gasteiger partial charge in [0.15, 0.2) is 0 Å². The van der Waals surface area contributed by atoms with Gasteiger partial charge in [-0.15, -0.1) is 17.9 Å². The summed E-state index contributed by atoms with van der Waals surface area (Å²) in [5, 5.41) is 4.66. The molecule has 0 amide bonds. The van der Waals surface area contributed by atoms with E-state index in [9.17, 15) is 0 Å². The number of hydrogen-bond acceptors (Lipinski definition) is 4. The summed E-state index contributed by atoms with van der Waals surface area (Å²) in [4.78, 5) is 5.80. The Bertz CT molecular complexity index is 339. The first-order chi connectivity index (χ1) is 8.04. The fourth-order valence-corrected chi connectivity index (χ4v) is 2.82. The van der Waals surface area contributed by atoms with Crippen LogP contribution < -0.4 is 5.32 Å². The lowest BCUT2D eigenvalue weighted by atomic mass is 9.98. The van der Waals surface area contributed by atoms with Crippen molar-refractivity contribution in [3.05, 3.63) is 28.7 Å². The zero-order valence-corrected chi connectivity index (χ0v) is 12.6. The average Bonchev–Trinajstić information content (AvgIpc) is 2.71. The molecule has 2 nitrogen and oxygen atoms in total. The fourth-order valence-electron chi connectivity index (χ4n) is 1.26. The minimum absolute atomic E-state index is 0.169. The molecule has 0 unspecified atom stereocenters. The summed E-state index contributed by atoms with van der Waals surface area (Å²) in [5.74, 6) is 2.17. The normalized spacial score (nSPS) is 11.7. The average molecular weight is 270 g/mol. The highest BCUT2D eigenvalue weighted by Gasteiger charge is 2.17. The molecule has 1 aromatic rings. The first kappa shape index (κ1) is 14.7. The Labute approximate surface area is 113 Å². The van der Waals surface area contributed by atoms with E-state index in [1.54, 1.807) is 0 Å². The van der Waals surface area contributed by atoms with Crippen LogP contribution in [-0.4, -0.2) is 23.0 Å². The Kier molecular flexibility index (Phi) is 6.23. The Morgan fingerprint density at radius 2 is 2.29 bits per heavy atom. The van der Waals surface area contributed by atoms with Crippen LogP contribution in [0.2, 0.25) is 0 Å². The van der Waals surface area contributed by atoms with Crippen molar-refractivity contribution in [1.29, 1.82) is 0 Å². The van der Waals surface area contributed by atoms with Crippen LogP contribution in [0.15, 0.2) is 18.9 Å². The summed E-state index contributed by atoms with van der Waals surface area (Å²) in [6, 6.07) is 0. The van der Waals surface area contributed by atoms with Crippen molar-refractivity contribution in [2.45, 2.75) is 32.7 Å². The van der Waals surface area contributed by atoms with Crippen molar-refractivity contribution < 1.29 is 0 Å². The molecule has 0 atom stereocenters. The van der Waals surface area contributed by atoms with E-state index in [-0.39, 0.29) is 5.41 Å². The van der Waals surface area contributed by atoms with Crippen LogP contribution in [0.25, 0.3) is 0 Å². The topological polar surface area (TPSA) is 24.9 Å². The number of nitrogens with zero attached hydrogens (tertiary/aromatic N) is 1. The third kappa shape index (κ3) is 5.70. The lowest BCUT2D eigenvalue weighted by Crippen LogP contribution is -2.15. The smallest absolute Gasteiger partial charge is 0.0981 e. The number of thiazole rings is 1. The molecule has 0 radical (unpaired) electrons. The van der Waals surface area contributed by atoms with Crippen molar-refractivity contribution in [2.24, 2.45) is 0 Å². The second-order valence-electron chi connectivity index (χ2n) is 4.92. The van der Waals surface area contributed by atoms with Crippen LogP contribution in [0.4, 0.5) is 0 Å². The van der Waals surface area contributed by atoms with Gasteiger partial charge in [-0.25, -0.2) is 4.98 Å². The number of hydrogen-bond donors (Lipinski definition) is 1. The molecule has 96 valence electrons. The lowest BCUT2D eigenvalue weighted by Gasteiger charge is -2.13. The van der Waals surface area contributed by atoms with Crippen LogP contribution in [-0.2, 0) is 12.0 Å². The predicted octanol–water partition coefficient (Wildman–Crippen LogP) is 3.45. The maximum absolute atomic E-state index is 4.48. The maximum Gasteiger partial charge on any atom is 0.0981 e. The molecule has 17 heavy (non-hydrogen) atoms. The van der Waals surface area contributed by atoms with E-state index < -0.39 is 0 Å². The zero-order valence-electron chi connectivity index (χ0n) is 11.0. The Morgan fingerprint density at radius 3 is 2.88 bits per heavy atom. The van der Waals surface area contributed by atoms with Gasteiger partial charge in [0.1, 0.15) is 0 Å². The molecule has 1 N–H and O–H groups in total. The zero-order chi connectivity index (χ0) is 12.7. The van der Waals surface area contributed by atoms with Crippen molar-refractivity contribution in [2.75, 3.05) is 18.1 Å². The number of nitrogens with one attached hydrogen (secondary N) is 1. The summed E-state index contributed by atoms with van der Waals surface area (Å²) in [7, 11) is 0. The minimum atomic E-state index is 0.169. The standard InChI is InChI=1S/C13H22N2S2/c1-5-7-16-8-6-14-9-11-10-15-12(17-11)13(2,3)4/h5,10,14H,1,6-9H2,2-4H3. The van der Waals surface area contributed by atoms with Gasteiger partial charge in [-0.1, -0.05) is 26.8 Å². The van der Waals surface area contributed by atoms with Gasteiger partial charge in [0.25, 0.3) is 0 Å². The maximum atomic E-state index is 4.48. The molecular formula is C13H22N2S2. The molecule has 0 spiro atoms. The largest absolute Gasteiger partial charge is 0.311 e. The van der Waals surface area contributed by atoms with Gasteiger partial charge in [-0.2, -0.15) is 11.8 Å². The summed E-state index contributed by atoms with van der Waals surface area (Å²) in [6.07, 6.45) is 3.94. The summed E-state index contributed by atoms with van der Waals surface area (Å²) < 4.78 is 0. The first-order valence-corrected chi connectivity index (χ1v) is 7.85.